The van der Waals surface area contributed by atoms with Gasteiger partial charge in [0.2, 0.25) is 0 Å². The van der Waals surface area contributed by atoms with Crippen molar-refractivity contribution >= 4 is 23.3 Å². The lowest BCUT2D eigenvalue weighted by Crippen LogP contribution is -2.31. The molecule has 0 bridgehead atoms. The number of hydrogen-bond acceptors (Lipinski definition) is 1. The second-order valence-electron chi connectivity index (χ2n) is 6.18. The maximum absolute atomic E-state index is 3.66. The van der Waals surface area contributed by atoms with E-state index >= 15 is 0 Å². The second-order valence-corrected chi connectivity index (χ2v) is 6.18. The van der Waals surface area contributed by atoms with Crippen molar-refractivity contribution in [3.05, 3.63) is 35.5 Å². The van der Waals surface area contributed by atoms with Crippen LogP contribution < -0.4 is 0 Å². The summed E-state index contributed by atoms with van der Waals surface area (Å²) in [6.45, 7) is 2.27. The first-order valence-electron chi connectivity index (χ1n) is 7.40. The van der Waals surface area contributed by atoms with Gasteiger partial charge in [-0.2, -0.15) is 0 Å². The van der Waals surface area contributed by atoms with Crippen LogP contribution in [0.25, 0.3) is 10.9 Å². The highest BCUT2D eigenvalue weighted by Crippen LogP contribution is 2.37. The largest absolute Gasteiger partial charge is 0.358 e. The number of aryl methyl sites for hydroxylation is 1. The van der Waals surface area contributed by atoms with Crippen LogP contribution in [-0.2, 0) is 0 Å². The van der Waals surface area contributed by atoms with Crippen LogP contribution in [0.2, 0.25) is 0 Å². The van der Waals surface area contributed by atoms with Crippen LogP contribution in [0.15, 0.2) is 24.3 Å². The number of benzene rings is 1. The van der Waals surface area contributed by atoms with Crippen molar-refractivity contribution in [1.82, 2.24) is 9.88 Å². The fourth-order valence-electron chi connectivity index (χ4n) is 3.59. The minimum atomic E-state index is 0. The quantitative estimate of drug-likeness (QED) is 0.864. The molecule has 1 N–H and O–H groups in total. The number of para-hydroxylation sites is 1. The Morgan fingerprint density at radius 3 is 2.30 bits per heavy atom. The van der Waals surface area contributed by atoms with E-state index in [0.29, 0.717) is 0 Å². The normalized spacial score (nSPS) is 23.0. The first-order chi connectivity index (χ1) is 9.16. The molecule has 1 aliphatic carbocycles. The average Bonchev–Trinajstić information content (AvgIpc) is 2.77. The molecule has 110 valence electrons. The van der Waals surface area contributed by atoms with Crippen molar-refractivity contribution in [2.24, 2.45) is 0 Å². The van der Waals surface area contributed by atoms with Crippen LogP contribution in [0.1, 0.15) is 42.9 Å². The van der Waals surface area contributed by atoms with E-state index in [-0.39, 0.29) is 12.4 Å². The van der Waals surface area contributed by atoms with E-state index in [1.165, 1.54) is 47.8 Å². The maximum atomic E-state index is 3.66. The highest BCUT2D eigenvalue weighted by molar-refractivity contribution is 5.85. The van der Waals surface area contributed by atoms with Gasteiger partial charge >= 0.3 is 0 Å². The van der Waals surface area contributed by atoms with Crippen LogP contribution in [0, 0.1) is 6.92 Å². The molecule has 0 aliphatic heterocycles. The number of aromatic amines is 1. The number of rotatable bonds is 2. The van der Waals surface area contributed by atoms with Crippen LogP contribution in [0.4, 0.5) is 0 Å². The molecule has 1 aromatic carbocycles. The molecule has 3 heteroatoms. The van der Waals surface area contributed by atoms with Gasteiger partial charge in [0, 0.05) is 22.6 Å². The Labute approximate surface area is 128 Å². The Kier molecular flexibility index (Phi) is 4.77. The van der Waals surface area contributed by atoms with Crippen molar-refractivity contribution in [3.8, 4) is 0 Å². The van der Waals surface area contributed by atoms with E-state index in [0.717, 1.165) is 12.0 Å². The molecule has 3 rings (SSSR count). The summed E-state index contributed by atoms with van der Waals surface area (Å²) >= 11 is 0. The van der Waals surface area contributed by atoms with E-state index in [1.807, 2.05) is 0 Å². The summed E-state index contributed by atoms with van der Waals surface area (Å²) < 4.78 is 0. The fourth-order valence-corrected chi connectivity index (χ4v) is 3.59. The molecule has 0 spiro atoms. The smallest absolute Gasteiger partial charge is 0.0458 e. The summed E-state index contributed by atoms with van der Waals surface area (Å²) in [7, 11) is 4.42. The Balaban J connectivity index is 0.00000147. The molecule has 0 saturated heterocycles. The van der Waals surface area contributed by atoms with Gasteiger partial charge < -0.3 is 9.88 Å². The summed E-state index contributed by atoms with van der Waals surface area (Å²) in [6, 6.07) is 9.45. The van der Waals surface area contributed by atoms with E-state index < -0.39 is 0 Å². The second kappa shape index (κ2) is 6.19. The van der Waals surface area contributed by atoms with Gasteiger partial charge in [0.1, 0.15) is 0 Å². The van der Waals surface area contributed by atoms with Gasteiger partial charge in [-0.1, -0.05) is 18.2 Å². The minimum Gasteiger partial charge on any atom is -0.358 e. The van der Waals surface area contributed by atoms with Crippen LogP contribution in [0.5, 0.6) is 0 Å². The highest BCUT2D eigenvalue weighted by Gasteiger charge is 2.25. The molecule has 1 aromatic heterocycles. The van der Waals surface area contributed by atoms with Gasteiger partial charge in [-0.25, -0.2) is 0 Å². The molecular weight excluding hydrogens is 268 g/mol. The van der Waals surface area contributed by atoms with E-state index in [2.05, 4.69) is 55.2 Å². The van der Waals surface area contributed by atoms with Gasteiger partial charge in [-0.05, 0) is 64.3 Å². The van der Waals surface area contributed by atoms with Crippen LogP contribution >= 0.6 is 12.4 Å². The maximum Gasteiger partial charge on any atom is 0.0458 e. The van der Waals surface area contributed by atoms with E-state index in [9.17, 15) is 0 Å². The molecule has 0 amide bonds. The Morgan fingerprint density at radius 1 is 1.05 bits per heavy atom. The topological polar surface area (TPSA) is 19.0 Å². The standard InChI is InChI=1S/C17H24N2.ClH/c1-12-15-6-4-5-7-16(15)18-17(12)13-8-10-14(11-9-13)19(2)3;/h4-7,13-14,18H,8-11H2,1-3H3;1H. The van der Waals surface area contributed by atoms with Crippen LogP contribution in [0.3, 0.4) is 0 Å². The predicted molar refractivity (Wildman–Crippen MR) is 89.0 cm³/mol. The van der Waals surface area contributed by atoms with Gasteiger partial charge in [-0.15, -0.1) is 12.4 Å². The van der Waals surface area contributed by atoms with Crippen molar-refractivity contribution in [3.63, 3.8) is 0 Å². The first kappa shape index (κ1) is 15.4. The highest BCUT2D eigenvalue weighted by atomic mass is 35.5. The number of hydrogen-bond donors (Lipinski definition) is 1. The number of nitrogens with one attached hydrogen (secondary N) is 1. The third kappa shape index (κ3) is 2.72. The minimum absolute atomic E-state index is 0. The van der Waals surface area contributed by atoms with Gasteiger partial charge in [-0.3, -0.25) is 0 Å². The zero-order valence-electron chi connectivity index (χ0n) is 12.6. The van der Waals surface area contributed by atoms with Gasteiger partial charge in [0.25, 0.3) is 0 Å². The molecule has 2 nitrogen and oxygen atoms in total. The zero-order chi connectivity index (χ0) is 13.4. The molecule has 0 radical (unpaired) electrons. The first-order valence-corrected chi connectivity index (χ1v) is 7.40. The van der Waals surface area contributed by atoms with Gasteiger partial charge in [0.15, 0.2) is 0 Å². The summed E-state index contributed by atoms with van der Waals surface area (Å²) in [4.78, 5) is 6.05. The third-order valence-electron chi connectivity index (χ3n) is 4.84. The number of fused-ring (bicyclic) bond motifs is 1. The van der Waals surface area contributed by atoms with Crippen molar-refractivity contribution in [1.29, 1.82) is 0 Å². The number of H-pyrrole nitrogens is 1. The van der Waals surface area contributed by atoms with E-state index in [1.54, 1.807) is 0 Å². The number of nitrogens with zero attached hydrogens (tertiary/aromatic N) is 1. The summed E-state index contributed by atoms with van der Waals surface area (Å²) in [6.07, 6.45) is 5.28. The lowest BCUT2D eigenvalue weighted by Gasteiger charge is -2.32. The van der Waals surface area contributed by atoms with E-state index in [4.69, 9.17) is 0 Å². The van der Waals surface area contributed by atoms with Crippen molar-refractivity contribution in [2.45, 2.75) is 44.6 Å². The van der Waals surface area contributed by atoms with Crippen molar-refractivity contribution in [2.75, 3.05) is 14.1 Å². The summed E-state index contributed by atoms with van der Waals surface area (Å²) in [5, 5.41) is 1.40. The van der Waals surface area contributed by atoms with Gasteiger partial charge in [0.05, 0.1) is 0 Å². The van der Waals surface area contributed by atoms with Crippen LogP contribution in [-0.4, -0.2) is 30.0 Å². The Morgan fingerprint density at radius 2 is 1.70 bits per heavy atom. The Hall–Kier alpha value is -0.990. The predicted octanol–water partition coefficient (Wildman–Crippen LogP) is 4.49. The average molecular weight is 293 g/mol. The lowest BCUT2D eigenvalue weighted by atomic mass is 9.82. The molecule has 2 aromatic rings. The zero-order valence-corrected chi connectivity index (χ0v) is 13.5. The molecule has 1 aliphatic rings. The molecule has 20 heavy (non-hydrogen) atoms. The molecular formula is C17H25ClN2. The summed E-state index contributed by atoms with van der Waals surface area (Å²) in [5.41, 5.74) is 4.24. The Bertz CT molecular complexity index is 565. The number of aromatic nitrogens is 1. The fraction of sp³-hybridized carbons (Fsp3) is 0.529. The molecule has 0 unspecified atom stereocenters. The lowest BCUT2D eigenvalue weighted by molar-refractivity contribution is 0.215. The molecule has 1 fully saturated rings. The van der Waals surface area contributed by atoms with Crippen molar-refractivity contribution < 1.29 is 0 Å². The monoisotopic (exact) mass is 292 g/mol. The third-order valence-corrected chi connectivity index (χ3v) is 4.84. The SMILES string of the molecule is Cc1c(C2CCC(N(C)C)CC2)[nH]c2ccccc12.Cl. The number of halogens is 1. The molecule has 0 atom stereocenters. The molecule has 1 saturated carbocycles. The molecule has 1 heterocycles. The summed E-state index contributed by atoms with van der Waals surface area (Å²) in [5.74, 6) is 0.726.